The second-order valence-corrected chi connectivity index (χ2v) is 12.2. The van der Waals surface area contributed by atoms with Gasteiger partial charge in [-0.05, 0) is 37.6 Å². The van der Waals surface area contributed by atoms with Crippen molar-refractivity contribution in [2.24, 2.45) is 13.0 Å². The number of thioether (sulfide) groups is 1. The van der Waals surface area contributed by atoms with E-state index in [1.807, 2.05) is 6.92 Å². The highest BCUT2D eigenvalue weighted by Crippen LogP contribution is 2.38. The Morgan fingerprint density at radius 2 is 2.05 bits per heavy atom. The lowest BCUT2D eigenvalue weighted by Crippen LogP contribution is -2.62. The Kier molecular flexibility index (Phi) is 7.00. The number of carbonyl (C=O) groups excluding carboxylic acids is 3. The Morgan fingerprint density at radius 3 is 2.73 bits per heavy atom. The van der Waals surface area contributed by atoms with Crippen molar-refractivity contribution in [2.75, 3.05) is 37.4 Å². The predicted octanol–water partition coefficient (Wildman–Crippen LogP) is 1.17. The lowest BCUT2D eigenvalue weighted by Gasteiger charge is -2.38. The van der Waals surface area contributed by atoms with Gasteiger partial charge in [0.15, 0.2) is 0 Å². The van der Waals surface area contributed by atoms with E-state index in [9.17, 15) is 23.3 Å². The number of hydrogen-bond acceptors (Lipinski definition) is 7. The van der Waals surface area contributed by atoms with Crippen molar-refractivity contribution in [1.82, 2.24) is 19.5 Å². The number of halogens is 1. The molecule has 0 bridgehead atoms. The van der Waals surface area contributed by atoms with Crippen LogP contribution in [-0.2, 0) is 32.7 Å². The molecule has 1 aromatic heterocycles. The molecule has 13 heteroatoms. The maximum atomic E-state index is 13.6. The van der Waals surface area contributed by atoms with E-state index in [2.05, 4.69) is 15.4 Å². The fraction of sp³-hybridized carbons (Fsp3) is 0.458. The SMILES string of the molecule is Cc1cc(NC(=O)c2c3c(cn2C)[S+]([O-])NC2CN(C(=O)C(=O)NC4(C)COC4)CC2CS3)ccc1F. The topological polar surface area (TPSA) is 128 Å². The van der Waals surface area contributed by atoms with Crippen LogP contribution >= 0.6 is 11.8 Å². The minimum Gasteiger partial charge on any atom is -0.593 e. The van der Waals surface area contributed by atoms with Crippen LogP contribution in [0.2, 0.25) is 0 Å². The van der Waals surface area contributed by atoms with Crippen molar-refractivity contribution < 1.29 is 28.1 Å². The molecule has 3 aliphatic heterocycles. The van der Waals surface area contributed by atoms with Gasteiger partial charge in [0, 0.05) is 37.5 Å². The number of nitrogens with one attached hydrogen (secondary N) is 3. The average molecular weight is 550 g/mol. The molecule has 0 aliphatic carbocycles. The van der Waals surface area contributed by atoms with Crippen molar-refractivity contribution in [3.05, 3.63) is 41.5 Å². The number of ether oxygens (including phenoxy) is 1. The largest absolute Gasteiger partial charge is 0.593 e. The summed E-state index contributed by atoms with van der Waals surface area (Å²) in [5, 5.41) is 5.54. The molecule has 2 fully saturated rings. The van der Waals surface area contributed by atoms with Crippen molar-refractivity contribution in [3.63, 3.8) is 0 Å². The van der Waals surface area contributed by atoms with Gasteiger partial charge >= 0.3 is 11.8 Å². The minimum absolute atomic E-state index is 0.0719. The van der Waals surface area contributed by atoms with Crippen LogP contribution in [-0.4, -0.2) is 75.4 Å². The molecule has 4 heterocycles. The van der Waals surface area contributed by atoms with Crippen LogP contribution in [0.1, 0.15) is 23.0 Å². The first-order chi connectivity index (χ1) is 17.5. The standard InChI is InChI=1S/C24H28FN5O5S2/c1-13-6-15(4-5-16(13)25)26-21(31)19-20-18(9-29(19)3)37(34)28-17-8-30(7-14(17)10-36-20)23(33)22(32)27-24(2)11-35-12-24/h4-6,9,14,17,28H,7-8,10-12H2,1-3H3,(H,26,31)(H,27,32). The van der Waals surface area contributed by atoms with Gasteiger partial charge in [0.25, 0.3) is 5.91 Å². The number of benzene rings is 1. The molecule has 198 valence electrons. The quantitative estimate of drug-likeness (QED) is 0.388. The minimum atomic E-state index is -1.64. The molecule has 3 N–H and O–H groups in total. The van der Waals surface area contributed by atoms with Gasteiger partial charge in [0.2, 0.25) is 4.90 Å². The number of aryl methyl sites for hydroxylation is 2. The molecule has 0 saturated carbocycles. The summed E-state index contributed by atoms with van der Waals surface area (Å²) in [6.45, 7) is 4.76. The molecule has 3 atom stereocenters. The molecule has 2 saturated heterocycles. The summed E-state index contributed by atoms with van der Waals surface area (Å²) >= 11 is -0.227. The molecule has 1 aromatic carbocycles. The molecule has 3 unspecified atom stereocenters. The Morgan fingerprint density at radius 1 is 1.30 bits per heavy atom. The first-order valence-corrected chi connectivity index (χ1v) is 13.9. The Labute approximate surface area is 221 Å². The van der Waals surface area contributed by atoms with E-state index in [0.29, 0.717) is 52.2 Å². The summed E-state index contributed by atoms with van der Waals surface area (Å²) < 4.78 is 36.8. The zero-order valence-corrected chi connectivity index (χ0v) is 22.3. The molecule has 5 rings (SSSR count). The number of amides is 3. The van der Waals surface area contributed by atoms with Gasteiger partial charge in [-0.15, -0.1) is 16.5 Å². The maximum absolute atomic E-state index is 13.6. The summed E-state index contributed by atoms with van der Waals surface area (Å²) in [4.78, 5) is 41.1. The third kappa shape index (κ3) is 5.10. The van der Waals surface area contributed by atoms with E-state index in [0.717, 1.165) is 0 Å². The van der Waals surface area contributed by atoms with Gasteiger partial charge < -0.3 is 29.4 Å². The van der Waals surface area contributed by atoms with Crippen LogP contribution in [0, 0.1) is 18.7 Å². The van der Waals surface area contributed by atoms with Gasteiger partial charge in [0.1, 0.15) is 11.5 Å². The molecule has 0 spiro atoms. The van der Waals surface area contributed by atoms with Gasteiger partial charge in [0.05, 0.1) is 47.2 Å². The fourth-order valence-electron chi connectivity index (χ4n) is 4.71. The first kappa shape index (κ1) is 26.0. The molecule has 0 radical (unpaired) electrons. The molecule has 37 heavy (non-hydrogen) atoms. The molecule has 10 nitrogen and oxygen atoms in total. The number of fused-ring (bicyclic) bond motifs is 2. The number of nitrogens with zero attached hydrogens (tertiary/aromatic N) is 2. The van der Waals surface area contributed by atoms with Crippen LogP contribution in [0.4, 0.5) is 10.1 Å². The summed E-state index contributed by atoms with van der Waals surface area (Å²) in [5.74, 6) is -1.57. The number of carbonyl (C=O) groups is 3. The first-order valence-electron chi connectivity index (χ1n) is 11.8. The average Bonchev–Trinajstić information content (AvgIpc) is 3.37. The van der Waals surface area contributed by atoms with Crippen molar-refractivity contribution >= 4 is 46.5 Å². The third-order valence-electron chi connectivity index (χ3n) is 6.81. The number of anilines is 1. The third-order valence-corrected chi connectivity index (χ3v) is 9.46. The molecular formula is C24H28FN5O5S2. The van der Waals surface area contributed by atoms with Gasteiger partial charge in [-0.1, -0.05) is 0 Å². The van der Waals surface area contributed by atoms with E-state index in [1.165, 1.54) is 28.8 Å². The Bertz CT molecular complexity index is 1270. The predicted molar refractivity (Wildman–Crippen MR) is 136 cm³/mol. The van der Waals surface area contributed by atoms with E-state index < -0.39 is 34.6 Å². The second-order valence-electron chi connectivity index (χ2n) is 9.98. The highest BCUT2D eigenvalue weighted by Gasteiger charge is 2.44. The lowest BCUT2D eigenvalue weighted by atomic mass is 10.0. The zero-order valence-electron chi connectivity index (χ0n) is 20.6. The van der Waals surface area contributed by atoms with Crippen LogP contribution in [0.5, 0.6) is 0 Å². The zero-order chi connectivity index (χ0) is 26.5. The fourth-order valence-corrected chi connectivity index (χ4v) is 7.58. The van der Waals surface area contributed by atoms with E-state index in [4.69, 9.17) is 4.74 Å². The maximum Gasteiger partial charge on any atom is 0.311 e. The van der Waals surface area contributed by atoms with Gasteiger partial charge in [-0.2, -0.15) is 0 Å². The highest BCUT2D eigenvalue weighted by molar-refractivity contribution is 8.00. The molecule has 3 aliphatic rings. The highest BCUT2D eigenvalue weighted by atomic mass is 32.2. The number of hydrogen-bond donors (Lipinski definition) is 3. The smallest absolute Gasteiger partial charge is 0.311 e. The van der Waals surface area contributed by atoms with E-state index >= 15 is 0 Å². The summed E-state index contributed by atoms with van der Waals surface area (Å²) in [7, 11) is 1.71. The number of aromatic nitrogens is 1. The Balaban J connectivity index is 1.30. The van der Waals surface area contributed by atoms with Gasteiger partial charge in [-0.3, -0.25) is 14.4 Å². The summed E-state index contributed by atoms with van der Waals surface area (Å²) in [5.41, 5.74) is 0.682. The Hall–Kier alpha value is -2.58. The van der Waals surface area contributed by atoms with Crippen LogP contribution < -0.4 is 15.4 Å². The van der Waals surface area contributed by atoms with Crippen molar-refractivity contribution in [2.45, 2.75) is 35.2 Å². The van der Waals surface area contributed by atoms with E-state index in [-0.39, 0.29) is 24.3 Å². The van der Waals surface area contributed by atoms with Crippen LogP contribution in [0.25, 0.3) is 0 Å². The number of rotatable bonds is 3. The summed E-state index contributed by atoms with van der Waals surface area (Å²) in [6, 6.07) is 4.07. The number of likely N-dealkylation sites (tertiary alicyclic amines) is 1. The molecule has 2 aromatic rings. The van der Waals surface area contributed by atoms with Crippen LogP contribution in [0.15, 0.2) is 34.2 Å². The monoisotopic (exact) mass is 549 g/mol. The molecule has 3 amide bonds. The van der Waals surface area contributed by atoms with Crippen LogP contribution in [0.3, 0.4) is 0 Å². The van der Waals surface area contributed by atoms with Gasteiger partial charge in [-0.25, -0.2) is 4.39 Å². The molecular weight excluding hydrogens is 521 g/mol. The van der Waals surface area contributed by atoms with Crippen molar-refractivity contribution in [1.29, 1.82) is 0 Å². The summed E-state index contributed by atoms with van der Waals surface area (Å²) in [6.07, 6.45) is 1.66. The van der Waals surface area contributed by atoms with Crippen molar-refractivity contribution in [3.8, 4) is 0 Å². The van der Waals surface area contributed by atoms with E-state index in [1.54, 1.807) is 30.8 Å². The lowest BCUT2D eigenvalue weighted by molar-refractivity contribution is -0.150. The second kappa shape index (κ2) is 9.95. The normalized spacial score (nSPS) is 24.2.